The maximum atomic E-state index is 14.1. The summed E-state index contributed by atoms with van der Waals surface area (Å²) in [5.74, 6) is -10.4. The van der Waals surface area contributed by atoms with Crippen LogP contribution < -0.4 is 54.4 Å². The molecule has 3 aromatic rings. The first-order valence-electron chi connectivity index (χ1n) is 19.2. The fourth-order valence-electron chi connectivity index (χ4n) is 5.78. The molecular formula is C39H50N12O12. The van der Waals surface area contributed by atoms with Gasteiger partial charge in [0, 0.05) is 24.7 Å². The van der Waals surface area contributed by atoms with Gasteiger partial charge in [-0.05, 0) is 17.5 Å². The Morgan fingerprint density at radius 3 is 1.54 bits per heavy atom. The van der Waals surface area contributed by atoms with E-state index in [1.54, 1.807) is 60.7 Å². The monoisotopic (exact) mass is 878 g/mol. The quantitative estimate of drug-likeness (QED) is 0.0358. The Hall–Kier alpha value is -7.73. The van der Waals surface area contributed by atoms with Gasteiger partial charge >= 0.3 is 5.97 Å². The van der Waals surface area contributed by atoms with E-state index in [-0.39, 0.29) is 19.3 Å². The van der Waals surface area contributed by atoms with Crippen molar-refractivity contribution in [1.29, 1.82) is 0 Å². The number of carbonyl (C=O) groups excluding carboxylic acids is 9. The summed E-state index contributed by atoms with van der Waals surface area (Å²) in [5, 5.41) is 34.9. The highest BCUT2D eigenvalue weighted by molar-refractivity contribution is 5.98. The van der Waals surface area contributed by atoms with Crippen molar-refractivity contribution < 1.29 is 58.2 Å². The van der Waals surface area contributed by atoms with Crippen molar-refractivity contribution in [3.63, 3.8) is 0 Å². The van der Waals surface area contributed by atoms with Crippen molar-refractivity contribution in [1.82, 2.24) is 47.2 Å². The van der Waals surface area contributed by atoms with Gasteiger partial charge in [0.25, 0.3) is 0 Å². The Morgan fingerprint density at radius 2 is 1.03 bits per heavy atom. The highest BCUT2D eigenvalue weighted by Gasteiger charge is 2.34. The third-order valence-electron chi connectivity index (χ3n) is 8.91. The van der Waals surface area contributed by atoms with Crippen LogP contribution in [0.5, 0.6) is 0 Å². The van der Waals surface area contributed by atoms with Crippen molar-refractivity contribution in [2.45, 2.75) is 68.4 Å². The zero-order chi connectivity index (χ0) is 46.5. The van der Waals surface area contributed by atoms with E-state index in [0.717, 1.165) is 5.56 Å². The fraction of sp³-hybridized carbons (Fsp3) is 0.359. The number of aliphatic hydroxyl groups excluding tert-OH is 1. The normalized spacial score (nSPS) is 13.6. The lowest BCUT2D eigenvalue weighted by Gasteiger charge is -2.26. The van der Waals surface area contributed by atoms with E-state index in [1.807, 2.05) is 5.32 Å². The summed E-state index contributed by atoms with van der Waals surface area (Å²) in [4.78, 5) is 134. The average molecular weight is 879 g/mol. The number of aromatic nitrogens is 2. The number of aliphatic hydroxyl groups is 1. The Morgan fingerprint density at radius 1 is 0.571 bits per heavy atom. The predicted molar refractivity (Wildman–Crippen MR) is 219 cm³/mol. The van der Waals surface area contributed by atoms with Crippen LogP contribution in [0.25, 0.3) is 0 Å². The number of carboxylic acid groups (broad SMARTS) is 1. The number of carbonyl (C=O) groups is 10. The first-order chi connectivity index (χ1) is 29.9. The smallest absolute Gasteiger partial charge is 0.322 e. The molecule has 3 rings (SSSR count). The van der Waals surface area contributed by atoms with Gasteiger partial charge in [0.2, 0.25) is 53.2 Å². The second-order valence-corrected chi connectivity index (χ2v) is 14.0. The van der Waals surface area contributed by atoms with Crippen LogP contribution in [-0.2, 0) is 67.2 Å². The molecule has 1 heterocycles. The summed E-state index contributed by atoms with van der Waals surface area (Å²) in [7, 11) is 0. The number of hydrogen-bond acceptors (Lipinski definition) is 13. The number of nitrogens with one attached hydrogen (secondary N) is 8. The zero-order valence-electron chi connectivity index (χ0n) is 33.7. The molecule has 338 valence electrons. The lowest BCUT2D eigenvalue weighted by molar-refractivity contribution is -0.139. The maximum absolute atomic E-state index is 14.1. The minimum Gasteiger partial charge on any atom is -0.480 e. The van der Waals surface area contributed by atoms with E-state index in [2.05, 4.69) is 41.9 Å². The summed E-state index contributed by atoms with van der Waals surface area (Å²) in [5.41, 5.74) is 18.1. The minimum absolute atomic E-state index is 0.171. The molecule has 6 atom stereocenters. The van der Waals surface area contributed by atoms with Gasteiger partial charge in [-0.2, -0.15) is 0 Å². The Bertz CT molecular complexity index is 2070. The molecule has 2 aromatic carbocycles. The number of amides is 9. The third kappa shape index (κ3) is 17.8. The van der Waals surface area contributed by atoms with Gasteiger partial charge < -0.3 is 69.6 Å². The minimum atomic E-state index is -1.80. The van der Waals surface area contributed by atoms with Crippen LogP contribution in [-0.4, -0.2) is 135 Å². The number of nitrogens with zero attached hydrogens (tertiary/aromatic N) is 1. The SMILES string of the molecule is NC(=O)C[C@H](NC(=O)CNC(=O)[C@@H](N)Cc1ccccc1)C(=O)N[C@@H](Cc1ccccc1)C(=O)N[C@@H](Cc1cnc[nH]1)C(=O)N[C@@H](CO)C(=O)N[C@@H](CC(N)=O)C(=O)NCC(=O)O. The van der Waals surface area contributed by atoms with E-state index < -0.39 is 128 Å². The summed E-state index contributed by atoms with van der Waals surface area (Å²) in [6.07, 6.45) is 0.774. The Balaban J connectivity index is 1.80. The van der Waals surface area contributed by atoms with Crippen molar-refractivity contribution in [3.8, 4) is 0 Å². The number of carboxylic acids is 1. The van der Waals surface area contributed by atoms with Gasteiger partial charge in [-0.1, -0.05) is 60.7 Å². The topological polar surface area (TPSA) is 402 Å². The van der Waals surface area contributed by atoms with Crippen LogP contribution in [0.15, 0.2) is 73.2 Å². The summed E-state index contributed by atoms with van der Waals surface area (Å²) in [6, 6.07) is 7.91. The standard InChI is InChI=1S/C39H50N12O12/c40-24(11-21-7-3-1-4-8-21)34(58)44-17-32(55)47-28(15-31(42)54)38(62)48-25(12-22-9-5-2-6-10-22)36(60)49-26(13-23-16-43-20-46-23)37(61)51-29(19-52)39(63)50-27(14-30(41)53)35(59)45-18-33(56)57/h1-10,16,20,24-29,52H,11-15,17-19,40H2,(H2,41,53)(H2,42,54)(H,43,46)(H,44,58)(H,45,59)(H,47,55)(H,48,62)(H,49,60)(H,50,63)(H,51,61)(H,56,57)/t24-,25-,26-,27-,28-,29-/m0/s1. The average Bonchev–Trinajstić information content (AvgIpc) is 3.76. The summed E-state index contributed by atoms with van der Waals surface area (Å²) < 4.78 is 0. The number of H-pyrrole nitrogens is 1. The number of aromatic amines is 1. The number of rotatable bonds is 26. The number of imidazole rings is 1. The number of aliphatic carboxylic acids is 1. The Labute approximate surface area is 359 Å². The number of nitrogens with two attached hydrogens (primary N) is 3. The van der Waals surface area contributed by atoms with Crippen molar-refractivity contribution in [3.05, 3.63) is 90.0 Å². The fourth-order valence-corrected chi connectivity index (χ4v) is 5.78. The van der Waals surface area contributed by atoms with Gasteiger partial charge in [0.05, 0.1) is 38.4 Å². The highest BCUT2D eigenvalue weighted by Crippen LogP contribution is 2.08. The van der Waals surface area contributed by atoms with Crippen LogP contribution in [0.3, 0.4) is 0 Å². The van der Waals surface area contributed by atoms with E-state index >= 15 is 0 Å². The molecule has 63 heavy (non-hydrogen) atoms. The molecule has 0 aliphatic heterocycles. The van der Waals surface area contributed by atoms with Crippen LogP contribution in [0.1, 0.15) is 29.7 Å². The zero-order valence-corrected chi connectivity index (χ0v) is 33.7. The maximum Gasteiger partial charge on any atom is 0.322 e. The van der Waals surface area contributed by atoms with E-state index in [4.69, 9.17) is 22.3 Å². The van der Waals surface area contributed by atoms with Crippen molar-refractivity contribution in [2.24, 2.45) is 17.2 Å². The molecule has 0 radical (unpaired) electrons. The molecule has 0 bridgehead atoms. The molecule has 24 nitrogen and oxygen atoms in total. The summed E-state index contributed by atoms with van der Waals surface area (Å²) in [6.45, 7) is -2.57. The van der Waals surface area contributed by atoms with E-state index in [9.17, 15) is 53.1 Å². The molecule has 24 heteroatoms. The molecule has 1 aromatic heterocycles. The van der Waals surface area contributed by atoms with Gasteiger partial charge in [0.15, 0.2) is 0 Å². The molecule has 0 spiro atoms. The highest BCUT2D eigenvalue weighted by atomic mass is 16.4. The van der Waals surface area contributed by atoms with Crippen LogP contribution >= 0.6 is 0 Å². The summed E-state index contributed by atoms with van der Waals surface area (Å²) >= 11 is 0. The number of hydrogen-bond donors (Lipinski definition) is 13. The molecular weight excluding hydrogens is 829 g/mol. The molecule has 9 amide bonds. The molecule has 0 aliphatic carbocycles. The van der Waals surface area contributed by atoms with Gasteiger partial charge in [-0.15, -0.1) is 0 Å². The largest absolute Gasteiger partial charge is 0.480 e. The lowest BCUT2D eigenvalue weighted by atomic mass is 10.0. The second-order valence-electron chi connectivity index (χ2n) is 14.0. The van der Waals surface area contributed by atoms with Crippen molar-refractivity contribution in [2.75, 3.05) is 19.7 Å². The van der Waals surface area contributed by atoms with Gasteiger partial charge in [-0.3, -0.25) is 47.9 Å². The first kappa shape index (κ1) is 49.6. The van der Waals surface area contributed by atoms with Crippen molar-refractivity contribution >= 4 is 59.1 Å². The number of primary amides is 2. The molecule has 0 saturated carbocycles. The molecule has 0 unspecified atom stereocenters. The van der Waals surface area contributed by atoms with Crippen LogP contribution in [0.2, 0.25) is 0 Å². The van der Waals surface area contributed by atoms with Gasteiger partial charge in [0.1, 0.15) is 36.8 Å². The lowest BCUT2D eigenvalue weighted by Crippen LogP contribution is -2.61. The molecule has 16 N–H and O–H groups in total. The predicted octanol–water partition coefficient (Wildman–Crippen LogP) is -5.75. The third-order valence-corrected chi connectivity index (χ3v) is 8.91. The molecule has 0 saturated heterocycles. The first-order valence-corrected chi connectivity index (χ1v) is 19.2. The second kappa shape index (κ2) is 25.1. The number of benzene rings is 2. The van der Waals surface area contributed by atoms with Crippen LogP contribution in [0, 0.1) is 0 Å². The van der Waals surface area contributed by atoms with Crippen LogP contribution in [0.4, 0.5) is 0 Å². The van der Waals surface area contributed by atoms with E-state index in [1.165, 1.54) is 12.5 Å². The Kier molecular flexibility index (Phi) is 19.8. The molecule has 0 fully saturated rings. The molecule has 0 aliphatic rings. The van der Waals surface area contributed by atoms with E-state index in [0.29, 0.717) is 11.3 Å². The van der Waals surface area contributed by atoms with Gasteiger partial charge in [-0.25, -0.2) is 4.98 Å².